The van der Waals surface area contributed by atoms with Crippen LogP contribution in [0.2, 0.25) is 0 Å². The predicted octanol–water partition coefficient (Wildman–Crippen LogP) is 1.96. The van der Waals surface area contributed by atoms with Crippen molar-refractivity contribution in [1.82, 2.24) is 10.0 Å². The van der Waals surface area contributed by atoms with Gasteiger partial charge < -0.3 is 11.1 Å². The summed E-state index contributed by atoms with van der Waals surface area (Å²) < 4.78 is 26.0. The Labute approximate surface area is 151 Å². The summed E-state index contributed by atoms with van der Waals surface area (Å²) in [6, 6.07) is 6.24. The molecule has 0 spiro atoms. The number of carbonyl (C=O) groups excluding carboxylic acids is 1. The fraction of sp³-hybridized carbons (Fsp3) is 0.562. The van der Waals surface area contributed by atoms with Gasteiger partial charge in [-0.05, 0) is 44.5 Å². The summed E-state index contributed by atoms with van der Waals surface area (Å²) in [5.41, 5.74) is 5.94. The molecule has 0 aliphatic rings. The fourth-order valence-electron chi connectivity index (χ4n) is 2.45. The van der Waals surface area contributed by atoms with E-state index in [9.17, 15) is 13.2 Å². The average Bonchev–Trinajstić information content (AvgIpc) is 2.57. The summed E-state index contributed by atoms with van der Waals surface area (Å²) in [6.07, 6.45) is 1.32. The molecule has 0 aliphatic heterocycles. The van der Waals surface area contributed by atoms with Crippen molar-refractivity contribution in [3.8, 4) is 0 Å². The normalized spacial score (nSPS) is 13.0. The minimum Gasteiger partial charge on any atom is -0.349 e. The van der Waals surface area contributed by atoms with E-state index in [1.54, 1.807) is 18.2 Å². The molecule has 0 bridgehead atoms. The van der Waals surface area contributed by atoms with Gasteiger partial charge in [-0.15, -0.1) is 12.4 Å². The van der Waals surface area contributed by atoms with Crippen molar-refractivity contribution < 1.29 is 13.2 Å². The summed E-state index contributed by atoms with van der Waals surface area (Å²) in [7, 11) is -2.14. The number of rotatable bonds is 8. The van der Waals surface area contributed by atoms with Gasteiger partial charge in [-0.3, -0.25) is 4.79 Å². The molecule has 0 heterocycles. The van der Waals surface area contributed by atoms with Crippen molar-refractivity contribution >= 4 is 28.3 Å². The highest BCUT2D eigenvalue weighted by Crippen LogP contribution is 2.27. The van der Waals surface area contributed by atoms with Crippen molar-refractivity contribution in [3.05, 3.63) is 29.8 Å². The van der Waals surface area contributed by atoms with Crippen LogP contribution in [-0.2, 0) is 14.8 Å². The summed E-state index contributed by atoms with van der Waals surface area (Å²) in [5.74, 6) is -0.0978. The molecule has 6 nitrogen and oxygen atoms in total. The van der Waals surface area contributed by atoms with Crippen LogP contribution in [0.5, 0.6) is 0 Å². The van der Waals surface area contributed by atoms with Gasteiger partial charge in [0, 0.05) is 6.54 Å². The zero-order valence-corrected chi connectivity index (χ0v) is 16.3. The standard InChI is InChI=1S/C16H27N3O3S.ClH/c1-5-16(6-2,11-17)15(20)19-12(3)13-8-7-9-14(10-13)23(21,22)18-4;/h7-10,12,18H,5-6,11,17H2,1-4H3,(H,19,20);1H. The topological polar surface area (TPSA) is 101 Å². The lowest BCUT2D eigenvalue weighted by atomic mass is 9.81. The number of sulfonamides is 1. The van der Waals surface area contributed by atoms with Crippen LogP contribution in [0.4, 0.5) is 0 Å². The number of halogens is 1. The van der Waals surface area contributed by atoms with Crippen LogP contribution in [0, 0.1) is 5.41 Å². The predicted molar refractivity (Wildman–Crippen MR) is 98.6 cm³/mol. The van der Waals surface area contributed by atoms with E-state index in [2.05, 4.69) is 10.0 Å². The molecule has 1 atom stereocenters. The Morgan fingerprint density at radius 2 is 1.88 bits per heavy atom. The van der Waals surface area contributed by atoms with E-state index in [0.717, 1.165) is 5.56 Å². The lowest BCUT2D eigenvalue weighted by molar-refractivity contribution is -0.131. The maximum Gasteiger partial charge on any atom is 0.240 e. The molecule has 1 aromatic rings. The second-order valence-corrected chi connectivity index (χ2v) is 7.55. The van der Waals surface area contributed by atoms with E-state index in [0.29, 0.717) is 12.8 Å². The fourth-order valence-corrected chi connectivity index (χ4v) is 3.24. The van der Waals surface area contributed by atoms with Crippen molar-refractivity contribution in [3.63, 3.8) is 0 Å². The zero-order valence-electron chi connectivity index (χ0n) is 14.6. The molecule has 138 valence electrons. The number of benzene rings is 1. The largest absolute Gasteiger partial charge is 0.349 e. The number of hydrogen-bond donors (Lipinski definition) is 3. The zero-order chi connectivity index (χ0) is 17.7. The summed E-state index contributed by atoms with van der Waals surface area (Å²) in [5, 5.41) is 2.95. The molecule has 1 aromatic carbocycles. The van der Waals surface area contributed by atoms with Crippen molar-refractivity contribution in [2.45, 2.75) is 44.6 Å². The van der Waals surface area contributed by atoms with E-state index < -0.39 is 15.4 Å². The molecule has 0 aromatic heterocycles. The van der Waals surface area contributed by atoms with Gasteiger partial charge in [0.1, 0.15) is 0 Å². The molecule has 0 aliphatic carbocycles. The monoisotopic (exact) mass is 377 g/mol. The number of amides is 1. The van der Waals surface area contributed by atoms with Crippen LogP contribution in [0.3, 0.4) is 0 Å². The lowest BCUT2D eigenvalue weighted by Gasteiger charge is -2.30. The molecular formula is C16H28ClN3O3S. The van der Waals surface area contributed by atoms with E-state index in [1.807, 2.05) is 20.8 Å². The summed E-state index contributed by atoms with van der Waals surface area (Å²) >= 11 is 0. The van der Waals surface area contributed by atoms with Crippen molar-refractivity contribution in [2.24, 2.45) is 11.1 Å². The van der Waals surface area contributed by atoms with Crippen molar-refractivity contribution in [2.75, 3.05) is 13.6 Å². The van der Waals surface area contributed by atoms with E-state index in [1.165, 1.54) is 13.1 Å². The van der Waals surface area contributed by atoms with Gasteiger partial charge in [-0.25, -0.2) is 13.1 Å². The highest BCUT2D eigenvalue weighted by molar-refractivity contribution is 7.89. The molecule has 0 saturated carbocycles. The second kappa shape index (κ2) is 9.36. The second-order valence-electron chi connectivity index (χ2n) is 5.67. The molecular weight excluding hydrogens is 350 g/mol. The van der Waals surface area contributed by atoms with Crippen LogP contribution in [0.25, 0.3) is 0 Å². The van der Waals surface area contributed by atoms with Gasteiger partial charge in [0.25, 0.3) is 0 Å². The third-order valence-electron chi connectivity index (χ3n) is 4.51. The Morgan fingerprint density at radius 1 is 1.29 bits per heavy atom. The summed E-state index contributed by atoms with van der Waals surface area (Å²) in [6.45, 7) is 6.00. The van der Waals surface area contributed by atoms with Crippen LogP contribution in [0.1, 0.15) is 45.2 Å². The first-order chi connectivity index (χ1) is 10.8. The molecule has 1 amide bonds. The van der Waals surface area contributed by atoms with Crippen LogP contribution in [-0.4, -0.2) is 27.9 Å². The molecule has 1 unspecified atom stereocenters. The Hall–Kier alpha value is -1.15. The first-order valence-electron chi connectivity index (χ1n) is 7.80. The van der Waals surface area contributed by atoms with E-state index in [-0.39, 0.29) is 35.8 Å². The Bertz CT molecular complexity index is 637. The third kappa shape index (κ3) is 4.92. The average molecular weight is 378 g/mol. The number of carbonyl (C=O) groups is 1. The SMILES string of the molecule is CCC(CC)(CN)C(=O)NC(C)c1cccc(S(=O)(=O)NC)c1.Cl. The number of nitrogens with two attached hydrogens (primary N) is 1. The third-order valence-corrected chi connectivity index (χ3v) is 5.92. The van der Waals surface area contributed by atoms with Crippen LogP contribution in [0.15, 0.2) is 29.2 Å². The van der Waals surface area contributed by atoms with Crippen molar-refractivity contribution in [1.29, 1.82) is 0 Å². The summed E-state index contributed by atoms with van der Waals surface area (Å²) in [4.78, 5) is 12.7. The van der Waals surface area contributed by atoms with Gasteiger partial charge >= 0.3 is 0 Å². The lowest BCUT2D eigenvalue weighted by Crippen LogP contribution is -2.46. The smallest absolute Gasteiger partial charge is 0.240 e. The van der Waals surface area contributed by atoms with Gasteiger partial charge in [-0.1, -0.05) is 26.0 Å². The van der Waals surface area contributed by atoms with E-state index in [4.69, 9.17) is 5.73 Å². The Morgan fingerprint density at radius 3 is 2.33 bits per heavy atom. The molecule has 0 radical (unpaired) electrons. The Balaban J connectivity index is 0.00000529. The quantitative estimate of drug-likeness (QED) is 0.644. The van der Waals surface area contributed by atoms with E-state index >= 15 is 0 Å². The highest BCUT2D eigenvalue weighted by Gasteiger charge is 2.34. The van der Waals surface area contributed by atoms with Gasteiger partial charge in [0.2, 0.25) is 15.9 Å². The van der Waals surface area contributed by atoms with Crippen LogP contribution < -0.4 is 15.8 Å². The van der Waals surface area contributed by atoms with Gasteiger partial charge in [0.05, 0.1) is 16.4 Å². The minimum atomic E-state index is -3.51. The molecule has 1 rings (SSSR count). The first-order valence-corrected chi connectivity index (χ1v) is 9.29. The molecule has 0 fully saturated rings. The number of nitrogens with one attached hydrogen (secondary N) is 2. The minimum absolute atomic E-state index is 0. The number of hydrogen-bond acceptors (Lipinski definition) is 4. The maximum atomic E-state index is 12.6. The Kier molecular flexibility index (Phi) is 8.91. The van der Waals surface area contributed by atoms with Crippen LogP contribution >= 0.6 is 12.4 Å². The first kappa shape index (κ1) is 22.9. The molecule has 4 N–H and O–H groups in total. The highest BCUT2D eigenvalue weighted by atomic mass is 35.5. The van der Waals surface area contributed by atoms with Gasteiger partial charge in [0.15, 0.2) is 0 Å². The molecule has 24 heavy (non-hydrogen) atoms. The molecule has 0 saturated heterocycles. The molecule has 8 heteroatoms. The maximum absolute atomic E-state index is 12.6. The van der Waals surface area contributed by atoms with Gasteiger partial charge in [-0.2, -0.15) is 0 Å².